The normalized spacial score (nSPS) is 43.8. The molecule has 0 radical (unpaired) electrons. The molecule has 5 atom stereocenters. The molecular weight excluding hydrogens is 236 g/mol. The Bertz CT molecular complexity index is 331. The Balaban J connectivity index is 1.90. The van der Waals surface area contributed by atoms with Crippen molar-refractivity contribution < 1.29 is 4.79 Å². The van der Waals surface area contributed by atoms with E-state index in [0.29, 0.717) is 17.9 Å². The van der Waals surface area contributed by atoms with Gasteiger partial charge in [-0.2, -0.15) is 0 Å². The molecular formula is C16H30N2O. The van der Waals surface area contributed by atoms with Crippen molar-refractivity contribution in [2.45, 2.75) is 77.3 Å². The number of hydrogen-bond acceptors (Lipinski definition) is 2. The second-order valence-electron chi connectivity index (χ2n) is 7.30. The van der Waals surface area contributed by atoms with Gasteiger partial charge in [0.05, 0.1) is 5.54 Å². The second kappa shape index (κ2) is 5.82. The zero-order valence-electron chi connectivity index (χ0n) is 12.7. The Morgan fingerprint density at radius 1 is 1.16 bits per heavy atom. The van der Waals surface area contributed by atoms with Crippen LogP contribution in [0.1, 0.15) is 65.7 Å². The van der Waals surface area contributed by atoms with Crippen molar-refractivity contribution in [2.24, 2.45) is 23.5 Å². The van der Waals surface area contributed by atoms with Gasteiger partial charge in [-0.05, 0) is 49.9 Å². The van der Waals surface area contributed by atoms with Gasteiger partial charge in [-0.15, -0.1) is 0 Å². The van der Waals surface area contributed by atoms with Crippen LogP contribution in [0.5, 0.6) is 0 Å². The van der Waals surface area contributed by atoms with E-state index in [2.05, 4.69) is 26.1 Å². The van der Waals surface area contributed by atoms with Crippen molar-refractivity contribution in [1.29, 1.82) is 0 Å². The third kappa shape index (κ3) is 3.50. The fourth-order valence-corrected chi connectivity index (χ4v) is 3.81. The fraction of sp³-hybridized carbons (Fsp3) is 0.938. The molecule has 0 aromatic heterocycles. The van der Waals surface area contributed by atoms with Crippen molar-refractivity contribution in [2.75, 3.05) is 0 Å². The molecule has 0 aromatic carbocycles. The molecule has 0 aromatic rings. The van der Waals surface area contributed by atoms with Crippen LogP contribution in [0.2, 0.25) is 0 Å². The van der Waals surface area contributed by atoms with Crippen molar-refractivity contribution in [3.63, 3.8) is 0 Å². The van der Waals surface area contributed by atoms with E-state index in [1.807, 2.05) is 0 Å². The summed E-state index contributed by atoms with van der Waals surface area (Å²) in [6, 6.07) is 0.344. The highest BCUT2D eigenvalue weighted by molar-refractivity contribution is 5.86. The van der Waals surface area contributed by atoms with Crippen LogP contribution in [0.4, 0.5) is 0 Å². The first-order valence-corrected chi connectivity index (χ1v) is 8.00. The van der Waals surface area contributed by atoms with Crippen LogP contribution in [-0.2, 0) is 4.79 Å². The van der Waals surface area contributed by atoms with Gasteiger partial charge in [0.15, 0.2) is 0 Å². The second-order valence-corrected chi connectivity index (χ2v) is 7.30. The van der Waals surface area contributed by atoms with Crippen molar-refractivity contribution >= 4 is 5.91 Å². The number of nitrogens with two attached hydrogens (primary N) is 1. The van der Waals surface area contributed by atoms with E-state index >= 15 is 0 Å². The summed E-state index contributed by atoms with van der Waals surface area (Å²) in [5.74, 6) is 2.17. The van der Waals surface area contributed by atoms with E-state index in [9.17, 15) is 4.79 Å². The third-order valence-electron chi connectivity index (χ3n) is 5.42. The monoisotopic (exact) mass is 266 g/mol. The van der Waals surface area contributed by atoms with Gasteiger partial charge >= 0.3 is 0 Å². The maximum atomic E-state index is 12.5. The van der Waals surface area contributed by atoms with Crippen LogP contribution in [0.15, 0.2) is 0 Å². The number of hydrogen-bond donors (Lipinski definition) is 2. The predicted molar refractivity (Wildman–Crippen MR) is 78.7 cm³/mol. The van der Waals surface area contributed by atoms with Crippen LogP contribution in [0.3, 0.4) is 0 Å². The minimum atomic E-state index is -0.607. The highest BCUT2D eigenvalue weighted by atomic mass is 16.2. The molecule has 5 unspecified atom stereocenters. The van der Waals surface area contributed by atoms with Crippen LogP contribution in [0.25, 0.3) is 0 Å². The highest BCUT2D eigenvalue weighted by Gasteiger charge is 2.39. The topological polar surface area (TPSA) is 55.1 Å². The molecule has 2 fully saturated rings. The zero-order valence-corrected chi connectivity index (χ0v) is 12.7. The first-order valence-electron chi connectivity index (χ1n) is 8.00. The summed E-state index contributed by atoms with van der Waals surface area (Å²) >= 11 is 0. The van der Waals surface area contributed by atoms with Crippen molar-refractivity contribution in [3.05, 3.63) is 0 Å². The predicted octanol–water partition coefficient (Wildman–Crippen LogP) is 2.83. The Labute approximate surface area is 117 Å². The van der Waals surface area contributed by atoms with Gasteiger partial charge in [-0.3, -0.25) is 4.79 Å². The number of amides is 1. The maximum absolute atomic E-state index is 12.5. The summed E-state index contributed by atoms with van der Waals surface area (Å²) in [6.07, 6.45) is 7.44. The Morgan fingerprint density at radius 3 is 2.53 bits per heavy atom. The molecule has 0 heterocycles. The maximum Gasteiger partial charge on any atom is 0.240 e. The molecule has 0 aliphatic heterocycles. The van der Waals surface area contributed by atoms with Gasteiger partial charge in [0.25, 0.3) is 0 Å². The molecule has 0 bridgehead atoms. The van der Waals surface area contributed by atoms with Crippen LogP contribution >= 0.6 is 0 Å². The summed E-state index contributed by atoms with van der Waals surface area (Å²) in [6.45, 7) is 6.82. The molecule has 2 rings (SSSR count). The van der Waals surface area contributed by atoms with E-state index in [0.717, 1.165) is 38.0 Å². The lowest BCUT2D eigenvalue weighted by Gasteiger charge is -2.38. The average molecular weight is 266 g/mol. The Hall–Kier alpha value is -0.570. The summed E-state index contributed by atoms with van der Waals surface area (Å²) in [7, 11) is 0. The number of carbonyl (C=O) groups excluding carboxylic acids is 1. The van der Waals surface area contributed by atoms with Crippen LogP contribution in [0, 0.1) is 17.8 Å². The first-order chi connectivity index (χ1) is 8.90. The van der Waals surface area contributed by atoms with Crippen molar-refractivity contribution in [3.8, 4) is 0 Å². The standard InChI is InChI=1S/C16H30N2O/c1-11-5-4-8-16(17,10-11)15(19)18-14-7-6-12(2)13(3)9-14/h11-14H,4-10,17H2,1-3H3,(H,18,19). The van der Waals surface area contributed by atoms with Gasteiger partial charge in [0.2, 0.25) is 5.91 Å². The van der Waals surface area contributed by atoms with Gasteiger partial charge in [-0.25, -0.2) is 0 Å². The first kappa shape index (κ1) is 14.8. The summed E-state index contributed by atoms with van der Waals surface area (Å²) < 4.78 is 0. The molecule has 19 heavy (non-hydrogen) atoms. The zero-order chi connectivity index (χ0) is 14.0. The Morgan fingerprint density at radius 2 is 1.89 bits per heavy atom. The lowest BCUT2D eigenvalue weighted by Crippen LogP contribution is -2.58. The minimum Gasteiger partial charge on any atom is -0.352 e. The largest absolute Gasteiger partial charge is 0.352 e. The molecule has 2 saturated carbocycles. The summed E-state index contributed by atoms with van der Waals surface area (Å²) in [5.41, 5.74) is 5.75. The molecule has 2 aliphatic carbocycles. The molecule has 110 valence electrons. The number of rotatable bonds is 2. The van der Waals surface area contributed by atoms with E-state index in [1.165, 1.54) is 12.8 Å². The molecule has 0 spiro atoms. The quantitative estimate of drug-likeness (QED) is 0.807. The molecule has 3 N–H and O–H groups in total. The average Bonchev–Trinajstić information content (AvgIpc) is 2.33. The highest BCUT2D eigenvalue weighted by Crippen LogP contribution is 2.32. The smallest absolute Gasteiger partial charge is 0.240 e. The molecule has 1 amide bonds. The molecule has 2 aliphatic rings. The van der Waals surface area contributed by atoms with Gasteiger partial charge in [-0.1, -0.05) is 33.6 Å². The SMILES string of the molecule is CC1CCCC(N)(C(=O)NC2CCC(C)C(C)C2)C1. The van der Waals surface area contributed by atoms with Gasteiger partial charge < -0.3 is 11.1 Å². The van der Waals surface area contributed by atoms with Crippen LogP contribution in [-0.4, -0.2) is 17.5 Å². The van der Waals surface area contributed by atoms with Crippen molar-refractivity contribution in [1.82, 2.24) is 5.32 Å². The lowest BCUT2D eigenvalue weighted by molar-refractivity contribution is -0.129. The van der Waals surface area contributed by atoms with E-state index in [1.54, 1.807) is 0 Å². The van der Waals surface area contributed by atoms with Gasteiger partial charge in [0.1, 0.15) is 0 Å². The van der Waals surface area contributed by atoms with Crippen LogP contribution < -0.4 is 11.1 Å². The minimum absolute atomic E-state index is 0.103. The summed E-state index contributed by atoms with van der Waals surface area (Å²) in [4.78, 5) is 12.5. The molecule has 0 saturated heterocycles. The third-order valence-corrected chi connectivity index (χ3v) is 5.42. The van der Waals surface area contributed by atoms with E-state index in [-0.39, 0.29) is 5.91 Å². The van der Waals surface area contributed by atoms with Gasteiger partial charge in [0, 0.05) is 6.04 Å². The summed E-state index contributed by atoms with van der Waals surface area (Å²) in [5, 5.41) is 3.24. The number of nitrogens with one attached hydrogen (secondary N) is 1. The fourth-order valence-electron chi connectivity index (χ4n) is 3.81. The number of carbonyl (C=O) groups is 1. The lowest BCUT2D eigenvalue weighted by atomic mass is 9.75. The molecule has 3 nitrogen and oxygen atoms in total. The Kier molecular flexibility index (Phi) is 4.54. The molecule has 3 heteroatoms. The van der Waals surface area contributed by atoms with E-state index in [4.69, 9.17) is 5.73 Å². The van der Waals surface area contributed by atoms with E-state index < -0.39 is 5.54 Å².